The number of rotatable bonds is 4. The lowest BCUT2D eigenvalue weighted by Gasteiger charge is -2.34. The lowest BCUT2D eigenvalue weighted by Crippen LogP contribution is -2.52. The van der Waals surface area contributed by atoms with Crippen molar-refractivity contribution in [3.8, 4) is 0 Å². The molecule has 8 heteroatoms. The highest BCUT2D eigenvalue weighted by Gasteiger charge is 2.64. The molecule has 0 fully saturated rings. The van der Waals surface area contributed by atoms with Crippen LogP contribution >= 0.6 is 11.6 Å². The molecule has 1 atom stereocenters. The van der Waals surface area contributed by atoms with Gasteiger partial charge in [-0.15, -0.1) is 0 Å². The molecule has 0 saturated heterocycles. The van der Waals surface area contributed by atoms with E-state index in [1.807, 2.05) is 31.2 Å². The molecule has 6 nitrogen and oxygen atoms in total. The van der Waals surface area contributed by atoms with E-state index in [-0.39, 0.29) is 30.0 Å². The summed E-state index contributed by atoms with van der Waals surface area (Å²) < 4.78 is 19.9. The van der Waals surface area contributed by atoms with Gasteiger partial charge in [-0.05, 0) is 60.5 Å². The van der Waals surface area contributed by atoms with E-state index in [9.17, 15) is 18.8 Å². The van der Waals surface area contributed by atoms with Gasteiger partial charge < -0.3 is 14.2 Å². The maximum Gasteiger partial charge on any atom is 0.291 e. The molecule has 0 radical (unpaired) electrons. The Balaban J connectivity index is 1.50. The van der Waals surface area contributed by atoms with Gasteiger partial charge in [0.15, 0.2) is 11.0 Å². The van der Waals surface area contributed by atoms with Crippen LogP contribution in [-0.4, -0.2) is 16.7 Å². The SMILES string of the molecule is Cc1ccc2oc3c(c(=O)c2c1)C1(C(=O)N(Cc2ccc(Cl)cc2)c2ccccc21)N(Cc1ccc(F)cc1)C3=O. The Morgan fingerprint density at radius 3 is 2.29 bits per heavy atom. The van der Waals surface area contributed by atoms with E-state index in [2.05, 4.69) is 0 Å². The molecule has 1 spiro atoms. The fourth-order valence-corrected chi connectivity index (χ4v) is 6.15. The van der Waals surface area contributed by atoms with Crippen LogP contribution in [0.3, 0.4) is 0 Å². The zero-order chi connectivity index (χ0) is 28.5. The minimum absolute atomic E-state index is 0.00114. The minimum atomic E-state index is -1.78. The fourth-order valence-electron chi connectivity index (χ4n) is 6.03. The predicted octanol–water partition coefficient (Wildman–Crippen LogP) is 6.34. The van der Waals surface area contributed by atoms with Gasteiger partial charge in [-0.25, -0.2) is 4.39 Å². The summed E-state index contributed by atoms with van der Waals surface area (Å²) in [7, 11) is 0. The summed E-state index contributed by atoms with van der Waals surface area (Å²) in [5, 5.41) is 0.861. The van der Waals surface area contributed by atoms with Crippen LogP contribution in [0.2, 0.25) is 5.02 Å². The molecule has 1 aromatic heterocycles. The molecule has 0 saturated carbocycles. The average molecular weight is 565 g/mol. The van der Waals surface area contributed by atoms with E-state index in [0.717, 1.165) is 11.1 Å². The smallest absolute Gasteiger partial charge is 0.291 e. The monoisotopic (exact) mass is 564 g/mol. The van der Waals surface area contributed by atoms with Gasteiger partial charge in [0.1, 0.15) is 11.4 Å². The van der Waals surface area contributed by atoms with Crippen molar-refractivity contribution in [2.75, 3.05) is 4.90 Å². The molecule has 2 aliphatic rings. The number of anilines is 1. The third kappa shape index (κ3) is 3.66. The van der Waals surface area contributed by atoms with Crippen molar-refractivity contribution in [1.82, 2.24) is 4.90 Å². The molecular weight excluding hydrogens is 543 g/mol. The number of halogens is 2. The fraction of sp³-hybridized carbons (Fsp3) is 0.121. The Morgan fingerprint density at radius 2 is 1.54 bits per heavy atom. The molecule has 3 heterocycles. The van der Waals surface area contributed by atoms with Gasteiger partial charge in [-0.1, -0.05) is 65.7 Å². The number of aryl methyl sites for hydroxylation is 1. The zero-order valence-corrected chi connectivity index (χ0v) is 22.6. The number of carbonyl (C=O) groups is 2. The van der Waals surface area contributed by atoms with Gasteiger partial charge in [0.2, 0.25) is 5.76 Å². The summed E-state index contributed by atoms with van der Waals surface area (Å²) in [4.78, 5) is 46.3. The van der Waals surface area contributed by atoms with Crippen molar-refractivity contribution in [2.45, 2.75) is 25.6 Å². The summed E-state index contributed by atoms with van der Waals surface area (Å²) >= 11 is 6.10. The maximum atomic E-state index is 14.8. The molecule has 7 rings (SSSR count). The molecule has 0 N–H and O–H groups in total. The number of carbonyl (C=O) groups excluding carboxylic acids is 2. The van der Waals surface area contributed by atoms with Crippen LogP contribution in [0, 0.1) is 12.7 Å². The molecule has 0 bridgehead atoms. The highest BCUT2D eigenvalue weighted by atomic mass is 35.5. The van der Waals surface area contributed by atoms with Crippen molar-refractivity contribution in [3.05, 3.63) is 146 Å². The lowest BCUT2D eigenvalue weighted by atomic mass is 9.83. The number of amides is 2. The largest absolute Gasteiger partial charge is 0.450 e. The van der Waals surface area contributed by atoms with E-state index in [0.29, 0.717) is 27.2 Å². The van der Waals surface area contributed by atoms with E-state index >= 15 is 0 Å². The van der Waals surface area contributed by atoms with Gasteiger partial charge in [0, 0.05) is 17.1 Å². The Hall–Kier alpha value is -4.75. The van der Waals surface area contributed by atoms with Gasteiger partial charge in [0.25, 0.3) is 11.8 Å². The molecule has 2 aliphatic heterocycles. The second kappa shape index (κ2) is 9.14. The molecular formula is C33H22ClFN2O4. The first kappa shape index (κ1) is 25.2. The van der Waals surface area contributed by atoms with E-state index < -0.39 is 28.6 Å². The van der Waals surface area contributed by atoms with Crippen LogP contribution in [0.25, 0.3) is 11.0 Å². The first-order valence-electron chi connectivity index (χ1n) is 13.1. The number of nitrogens with zero attached hydrogens (tertiary/aromatic N) is 2. The molecule has 5 aromatic rings. The first-order chi connectivity index (χ1) is 19.8. The lowest BCUT2D eigenvalue weighted by molar-refractivity contribution is -0.126. The molecule has 0 aliphatic carbocycles. The summed E-state index contributed by atoms with van der Waals surface area (Å²) in [6.07, 6.45) is 0. The number of benzene rings is 4. The molecule has 2 amide bonds. The highest BCUT2D eigenvalue weighted by Crippen LogP contribution is 2.53. The first-order valence-corrected chi connectivity index (χ1v) is 13.5. The topological polar surface area (TPSA) is 70.8 Å². The standard InChI is InChI=1S/C33H22ClFN2O4/c1-19-6-15-27-24(16-19)29(38)28-30(41-27)31(39)37(18-21-9-13-23(35)14-10-21)33(28)25-4-2-3-5-26(25)36(32(33)40)17-20-7-11-22(34)12-8-20/h2-16H,17-18H2,1H3. The predicted molar refractivity (Wildman–Crippen MR) is 153 cm³/mol. The van der Waals surface area contributed by atoms with Crippen LogP contribution in [0.1, 0.15) is 38.4 Å². The van der Waals surface area contributed by atoms with Crippen LogP contribution in [0.5, 0.6) is 0 Å². The Labute approximate surface area is 239 Å². The van der Waals surface area contributed by atoms with Crippen molar-refractivity contribution in [3.63, 3.8) is 0 Å². The second-order valence-electron chi connectivity index (χ2n) is 10.4. The highest BCUT2D eigenvalue weighted by molar-refractivity contribution is 6.30. The van der Waals surface area contributed by atoms with Crippen LogP contribution in [-0.2, 0) is 23.4 Å². The van der Waals surface area contributed by atoms with Gasteiger partial charge >= 0.3 is 0 Å². The third-order valence-electron chi connectivity index (χ3n) is 7.90. The number of hydrogen-bond acceptors (Lipinski definition) is 4. The zero-order valence-electron chi connectivity index (χ0n) is 21.9. The van der Waals surface area contributed by atoms with Crippen LogP contribution < -0.4 is 10.3 Å². The number of fused-ring (bicyclic) bond motifs is 5. The summed E-state index contributed by atoms with van der Waals surface area (Å²) in [5.41, 5.74) is 1.41. The van der Waals surface area contributed by atoms with E-state index in [1.54, 1.807) is 59.5 Å². The molecule has 41 heavy (non-hydrogen) atoms. The van der Waals surface area contributed by atoms with Gasteiger partial charge in [-0.2, -0.15) is 0 Å². The molecule has 1 unspecified atom stereocenters. The third-order valence-corrected chi connectivity index (χ3v) is 8.15. The van der Waals surface area contributed by atoms with E-state index in [1.165, 1.54) is 17.0 Å². The maximum absolute atomic E-state index is 14.8. The van der Waals surface area contributed by atoms with Crippen molar-refractivity contribution in [1.29, 1.82) is 0 Å². The summed E-state index contributed by atoms with van der Waals surface area (Å²) in [6.45, 7) is 2.01. The van der Waals surface area contributed by atoms with Crippen molar-refractivity contribution >= 4 is 40.1 Å². The van der Waals surface area contributed by atoms with Gasteiger partial charge in [-0.3, -0.25) is 14.4 Å². The Kier molecular flexibility index (Phi) is 5.63. The van der Waals surface area contributed by atoms with Crippen molar-refractivity contribution in [2.24, 2.45) is 0 Å². The number of para-hydroxylation sites is 1. The Bertz CT molecular complexity index is 1950. The molecule has 4 aromatic carbocycles. The average Bonchev–Trinajstić information content (AvgIpc) is 3.36. The molecule has 202 valence electrons. The van der Waals surface area contributed by atoms with Crippen molar-refractivity contribution < 1.29 is 18.4 Å². The summed E-state index contributed by atoms with van der Waals surface area (Å²) in [5.74, 6) is -1.61. The minimum Gasteiger partial charge on any atom is -0.450 e. The normalized spacial score (nSPS) is 17.5. The van der Waals surface area contributed by atoms with Crippen LogP contribution in [0.15, 0.2) is 100 Å². The number of hydrogen-bond donors (Lipinski definition) is 0. The Morgan fingerprint density at radius 1 is 0.854 bits per heavy atom. The van der Waals surface area contributed by atoms with Crippen LogP contribution in [0.4, 0.5) is 10.1 Å². The van der Waals surface area contributed by atoms with E-state index in [4.69, 9.17) is 16.0 Å². The second-order valence-corrected chi connectivity index (χ2v) is 10.8. The quantitative estimate of drug-likeness (QED) is 0.255. The summed E-state index contributed by atoms with van der Waals surface area (Å²) in [6, 6.07) is 25.2. The van der Waals surface area contributed by atoms with Gasteiger partial charge in [0.05, 0.1) is 23.2 Å².